The zero-order valence-corrected chi connectivity index (χ0v) is 18.6. The van der Waals surface area contributed by atoms with Crippen molar-refractivity contribution in [3.05, 3.63) is 48.3 Å². The molecule has 0 fully saturated rings. The van der Waals surface area contributed by atoms with Crippen molar-refractivity contribution >= 4 is 35.3 Å². The number of carbonyl (C=O) groups excluding carboxylic acids is 1. The molecule has 0 aliphatic rings. The van der Waals surface area contributed by atoms with Crippen LogP contribution in [0.25, 0.3) is 5.78 Å². The number of carbonyl (C=O) groups is 1. The van der Waals surface area contributed by atoms with E-state index in [1.807, 2.05) is 26.0 Å². The van der Waals surface area contributed by atoms with Gasteiger partial charge >= 0.3 is 0 Å². The van der Waals surface area contributed by atoms with Crippen molar-refractivity contribution in [3.63, 3.8) is 0 Å². The van der Waals surface area contributed by atoms with Crippen molar-refractivity contribution in [1.82, 2.24) is 29.5 Å². The van der Waals surface area contributed by atoms with E-state index in [1.165, 1.54) is 11.8 Å². The topological polar surface area (TPSA) is 127 Å². The summed E-state index contributed by atoms with van der Waals surface area (Å²) in [6, 6.07) is 7.27. The van der Waals surface area contributed by atoms with Crippen LogP contribution in [-0.2, 0) is 17.9 Å². The Bertz CT molecular complexity index is 1110. The number of rotatable bonds is 11. The lowest BCUT2D eigenvalue weighted by atomic mass is 10.3. The Morgan fingerprint density at radius 3 is 2.31 bits per heavy atom. The zero-order valence-electron chi connectivity index (χ0n) is 17.8. The number of hydrogen-bond acceptors (Lipinski definition) is 10. The second kappa shape index (κ2) is 10.2. The molecule has 0 unspecified atom stereocenters. The molecule has 168 valence electrons. The lowest BCUT2D eigenvalue weighted by Crippen LogP contribution is -2.31. The summed E-state index contributed by atoms with van der Waals surface area (Å²) in [4.78, 5) is 23.6. The summed E-state index contributed by atoms with van der Waals surface area (Å²) >= 11 is 1.27. The van der Waals surface area contributed by atoms with E-state index in [2.05, 4.69) is 30.8 Å². The van der Waals surface area contributed by atoms with Crippen molar-refractivity contribution < 1.29 is 13.6 Å². The number of furan rings is 2. The summed E-state index contributed by atoms with van der Waals surface area (Å²) in [5, 5.41) is 15.2. The fourth-order valence-corrected chi connectivity index (χ4v) is 3.86. The molecule has 0 bridgehead atoms. The summed E-state index contributed by atoms with van der Waals surface area (Å²) in [5.74, 6) is 2.90. The first-order valence-electron chi connectivity index (χ1n) is 10.2. The molecule has 0 saturated carbocycles. The summed E-state index contributed by atoms with van der Waals surface area (Å²) < 4.78 is 12.6. The third kappa shape index (κ3) is 5.02. The van der Waals surface area contributed by atoms with Crippen LogP contribution in [0.3, 0.4) is 0 Å². The molecule has 32 heavy (non-hydrogen) atoms. The molecule has 4 aromatic rings. The second-order valence-corrected chi connectivity index (χ2v) is 7.69. The van der Waals surface area contributed by atoms with Gasteiger partial charge in [0, 0.05) is 13.1 Å². The molecule has 4 heterocycles. The quantitative estimate of drug-likeness (QED) is 0.325. The van der Waals surface area contributed by atoms with Crippen LogP contribution in [-0.4, -0.2) is 54.2 Å². The predicted octanol–water partition coefficient (Wildman–Crippen LogP) is 2.89. The summed E-state index contributed by atoms with van der Waals surface area (Å²) in [5.41, 5.74) is 0. The van der Waals surface area contributed by atoms with Crippen LogP contribution in [0.4, 0.5) is 11.9 Å². The molecule has 2 N–H and O–H groups in total. The lowest BCUT2D eigenvalue weighted by molar-refractivity contribution is -0.130. The first-order chi connectivity index (χ1) is 15.7. The highest BCUT2D eigenvalue weighted by atomic mass is 32.2. The van der Waals surface area contributed by atoms with Crippen molar-refractivity contribution in [2.45, 2.75) is 32.1 Å². The molecular formula is C20H24N8O3S. The number of aromatic nitrogens is 5. The van der Waals surface area contributed by atoms with E-state index >= 15 is 0 Å². The average molecular weight is 457 g/mol. The lowest BCUT2D eigenvalue weighted by Gasteiger charge is -2.20. The fraction of sp³-hybridized carbons (Fsp3) is 0.350. The second-order valence-electron chi connectivity index (χ2n) is 6.75. The van der Waals surface area contributed by atoms with E-state index in [0.29, 0.717) is 60.5 Å². The predicted molar refractivity (Wildman–Crippen MR) is 119 cm³/mol. The van der Waals surface area contributed by atoms with Gasteiger partial charge in [-0.3, -0.25) is 4.79 Å². The van der Waals surface area contributed by atoms with Gasteiger partial charge < -0.3 is 24.4 Å². The first kappa shape index (κ1) is 21.7. The van der Waals surface area contributed by atoms with E-state index in [1.54, 1.807) is 34.0 Å². The molecule has 0 aromatic carbocycles. The van der Waals surface area contributed by atoms with Gasteiger partial charge in [0.1, 0.15) is 11.5 Å². The van der Waals surface area contributed by atoms with E-state index in [4.69, 9.17) is 8.83 Å². The van der Waals surface area contributed by atoms with Crippen LogP contribution in [0.1, 0.15) is 25.4 Å². The largest absolute Gasteiger partial charge is 0.467 e. The normalized spacial score (nSPS) is 11.1. The molecule has 0 aliphatic heterocycles. The van der Waals surface area contributed by atoms with Gasteiger partial charge in [-0.1, -0.05) is 11.8 Å². The fourth-order valence-electron chi connectivity index (χ4n) is 3.03. The molecule has 0 radical (unpaired) electrons. The first-order valence-corrected chi connectivity index (χ1v) is 11.2. The average Bonchev–Trinajstić information content (AvgIpc) is 3.55. The van der Waals surface area contributed by atoms with E-state index < -0.39 is 0 Å². The van der Waals surface area contributed by atoms with E-state index in [-0.39, 0.29) is 11.7 Å². The van der Waals surface area contributed by atoms with Crippen molar-refractivity contribution in [2.24, 2.45) is 0 Å². The minimum absolute atomic E-state index is 0.0882. The van der Waals surface area contributed by atoms with Crippen molar-refractivity contribution in [1.29, 1.82) is 0 Å². The number of amides is 1. The number of nitrogens with zero attached hydrogens (tertiary/aromatic N) is 6. The van der Waals surface area contributed by atoms with Gasteiger partial charge in [-0.25, -0.2) is 4.40 Å². The highest BCUT2D eigenvalue weighted by molar-refractivity contribution is 7.99. The van der Waals surface area contributed by atoms with Crippen molar-refractivity contribution in [2.75, 3.05) is 29.5 Å². The van der Waals surface area contributed by atoms with Gasteiger partial charge in [0.05, 0.1) is 31.4 Å². The summed E-state index contributed by atoms with van der Waals surface area (Å²) in [7, 11) is 0. The standard InChI is InChI=1S/C20H24N8O3S/c1-3-21-17-23-18(22-4-2)28-19(24-17)25-26-20(28)32-13-16(29)27(11-14-7-5-9-30-14)12-15-8-6-10-31-15/h5-10H,3-4,11-13H2,1-2H3,(H2,21,22,23,24,25). The van der Waals surface area contributed by atoms with Crippen molar-refractivity contribution in [3.8, 4) is 0 Å². The monoisotopic (exact) mass is 456 g/mol. The molecule has 0 aliphatic carbocycles. The maximum absolute atomic E-state index is 13.1. The number of nitrogens with one attached hydrogen (secondary N) is 2. The SMILES string of the molecule is CCNc1nc(NCC)n2c(SCC(=O)N(Cc3ccco3)Cc3ccco3)nnc2n1. The van der Waals surface area contributed by atoms with Crippen LogP contribution in [0.2, 0.25) is 0 Å². The van der Waals surface area contributed by atoms with Gasteiger partial charge in [0.25, 0.3) is 5.78 Å². The van der Waals surface area contributed by atoms with Crippen LogP contribution < -0.4 is 10.6 Å². The summed E-state index contributed by atoms with van der Waals surface area (Å²) in [6.45, 7) is 5.97. The van der Waals surface area contributed by atoms with Gasteiger partial charge in [0.2, 0.25) is 17.8 Å². The Kier molecular flexibility index (Phi) is 6.90. The molecule has 0 atom stereocenters. The Hall–Kier alpha value is -3.54. The van der Waals surface area contributed by atoms with Gasteiger partial charge in [-0.2, -0.15) is 9.97 Å². The maximum Gasteiger partial charge on any atom is 0.261 e. The number of anilines is 2. The molecule has 0 saturated heterocycles. The number of hydrogen-bond donors (Lipinski definition) is 2. The van der Waals surface area contributed by atoms with Gasteiger partial charge in [0.15, 0.2) is 5.16 Å². The third-order valence-electron chi connectivity index (χ3n) is 4.45. The smallest absolute Gasteiger partial charge is 0.261 e. The van der Waals surface area contributed by atoms with E-state index in [9.17, 15) is 4.79 Å². The Morgan fingerprint density at radius 2 is 1.72 bits per heavy atom. The van der Waals surface area contributed by atoms with Crippen LogP contribution in [0, 0.1) is 0 Å². The Balaban J connectivity index is 1.52. The van der Waals surface area contributed by atoms with Crippen LogP contribution >= 0.6 is 11.8 Å². The molecule has 1 amide bonds. The van der Waals surface area contributed by atoms with Crippen LogP contribution in [0.5, 0.6) is 0 Å². The number of fused-ring (bicyclic) bond motifs is 1. The highest BCUT2D eigenvalue weighted by Gasteiger charge is 2.20. The molecule has 12 heteroatoms. The molecule has 0 spiro atoms. The summed E-state index contributed by atoms with van der Waals surface area (Å²) in [6.07, 6.45) is 3.18. The Labute approximate surface area is 188 Å². The molecular weight excluding hydrogens is 432 g/mol. The van der Waals surface area contributed by atoms with E-state index in [0.717, 1.165) is 0 Å². The number of thioether (sulfide) groups is 1. The van der Waals surface area contributed by atoms with Gasteiger partial charge in [-0.15, -0.1) is 10.2 Å². The van der Waals surface area contributed by atoms with Crippen LogP contribution in [0.15, 0.2) is 50.8 Å². The Morgan fingerprint density at radius 1 is 1.03 bits per heavy atom. The minimum atomic E-state index is -0.0882. The molecule has 4 rings (SSSR count). The zero-order chi connectivity index (χ0) is 22.3. The van der Waals surface area contributed by atoms with Gasteiger partial charge in [-0.05, 0) is 38.1 Å². The molecule has 11 nitrogen and oxygen atoms in total. The maximum atomic E-state index is 13.1. The third-order valence-corrected chi connectivity index (χ3v) is 5.36. The molecule has 4 aromatic heterocycles. The minimum Gasteiger partial charge on any atom is -0.467 e. The highest BCUT2D eigenvalue weighted by Crippen LogP contribution is 2.22.